The number of aromatic nitrogens is 4. The van der Waals surface area contributed by atoms with Crippen LogP contribution >= 0.6 is 15.9 Å². The fourth-order valence-electron chi connectivity index (χ4n) is 1.55. The second-order valence-electron chi connectivity index (χ2n) is 3.69. The fourth-order valence-corrected chi connectivity index (χ4v) is 2.00. The van der Waals surface area contributed by atoms with Crippen LogP contribution in [0.3, 0.4) is 0 Å². The predicted octanol–water partition coefficient (Wildman–Crippen LogP) is 1.33. The summed E-state index contributed by atoms with van der Waals surface area (Å²) < 4.78 is 3.74. The molecule has 18 heavy (non-hydrogen) atoms. The van der Waals surface area contributed by atoms with E-state index in [1.54, 1.807) is 12.4 Å². The van der Waals surface area contributed by atoms with Crippen molar-refractivity contribution in [1.82, 2.24) is 19.6 Å². The number of nitrogens with zero attached hydrogens (tertiary/aromatic N) is 4. The lowest BCUT2D eigenvalue weighted by molar-refractivity contribution is 0.610. The van der Waals surface area contributed by atoms with Gasteiger partial charge in [0.05, 0.1) is 18.4 Å². The maximum atomic E-state index is 11.8. The summed E-state index contributed by atoms with van der Waals surface area (Å²) in [7, 11) is 0. The van der Waals surface area contributed by atoms with E-state index in [4.69, 9.17) is 0 Å². The first-order valence-electron chi connectivity index (χ1n) is 5.69. The highest BCUT2D eigenvalue weighted by Gasteiger charge is 2.07. The van der Waals surface area contributed by atoms with Gasteiger partial charge in [-0.25, -0.2) is 4.68 Å². The Labute approximate surface area is 113 Å². The molecule has 0 aliphatic carbocycles. The maximum absolute atomic E-state index is 11.8. The first kappa shape index (κ1) is 12.8. The number of rotatable bonds is 5. The predicted molar refractivity (Wildman–Crippen MR) is 72.6 cm³/mol. The average Bonchev–Trinajstić information content (AvgIpc) is 2.88. The summed E-state index contributed by atoms with van der Waals surface area (Å²) in [6.07, 6.45) is 5.28. The van der Waals surface area contributed by atoms with Gasteiger partial charge in [0.15, 0.2) is 0 Å². The molecule has 2 aromatic rings. The molecule has 0 atom stereocenters. The molecule has 1 N–H and O–H groups in total. The van der Waals surface area contributed by atoms with Crippen LogP contribution in [0.5, 0.6) is 0 Å². The number of aryl methyl sites for hydroxylation is 1. The van der Waals surface area contributed by atoms with Gasteiger partial charge in [0.1, 0.15) is 4.47 Å². The Kier molecular flexibility index (Phi) is 4.14. The molecule has 2 aromatic heterocycles. The van der Waals surface area contributed by atoms with Crippen molar-refractivity contribution in [3.05, 3.63) is 39.5 Å². The third kappa shape index (κ3) is 2.79. The lowest BCUT2D eigenvalue weighted by atomic mass is 10.4. The molecule has 2 rings (SSSR count). The van der Waals surface area contributed by atoms with Gasteiger partial charge >= 0.3 is 0 Å². The van der Waals surface area contributed by atoms with E-state index in [9.17, 15) is 4.79 Å². The quantitative estimate of drug-likeness (QED) is 0.905. The van der Waals surface area contributed by atoms with Gasteiger partial charge in [-0.15, -0.1) is 0 Å². The maximum Gasteiger partial charge on any atom is 0.283 e. The molecule has 7 heteroatoms. The van der Waals surface area contributed by atoms with E-state index in [0.29, 0.717) is 23.2 Å². The highest BCUT2D eigenvalue weighted by Crippen LogP contribution is 2.15. The van der Waals surface area contributed by atoms with Crippen LogP contribution in [-0.2, 0) is 13.1 Å². The summed E-state index contributed by atoms with van der Waals surface area (Å²) in [6.45, 7) is 3.85. The van der Waals surface area contributed by atoms with Gasteiger partial charge in [0, 0.05) is 25.5 Å². The van der Waals surface area contributed by atoms with Crippen LogP contribution in [0.25, 0.3) is 0 Å². The van der Waals surface area contributed by atoms with Gasteiger partial charge in [0.2, 0.25) is 0 Å². The first-order chi connectivity index (χ1) is 8.72. The van der Waals surface area contributed by atoms with E-state index in [2.05, 4.69) is 31.4 Å². The topological polar surface area (TPSA) is 64.7 Å². The van der Waals surface area contributed by atoms with Crippen molar-refractivity contribution < 1.29 is 0 Å². The summed E-state index contributed by atoms with van der Waals surface area (Å²) >= 11 is 3.29. The minimum atomic E-state index is -0.124. The van der Waals surface area contributed by atoms with E-state index >= 15 is 0 Å². The van der Waals surface area contributed by atoms with Crippen molar-refractivity contribution in [3.63, 3.8) is 0 Å². The molecule has 0 radical (unpaired) electrons. The number of hydrogen-bond donors (Lipinski definition) is 1. The fraction of sp³-hybridized carbons (Fsp3) is 0.364. The van der Waals surface area contributed by atoms with Crippen molar-refractivity contribution in [1.29, 1.82) is 0 Å². The summed E-state index contributed by atoms with van der Waals surface area (Å²) in [4.78, 5) is 11.8. The third-order valence-electron chi connectivity index (χ3n) is 2.50. The van der Waals surface area contributed by atoms with Gasteiger partial charge in [-0.3, -0.25) is 9.48 Å². The minimum Gasteiger partial charge on any atom is -0.381 e. The van der Waals surface area contributed by atoms with Gasteiger partial charge in [0.25, 0.3) is 5.56 Å². The number of hydrogen-bond acceptors (Lipinski definition) is 4. The average molecular weight is 312 g/mol. The van der Waals surface area contributed by atoms with Gasteiger partial charge < -0.3 is 5.32 Å². The second-order valence-corrected chi connectivity index (χ2v) is 4.48. The number of nitrogens with one attached hydrogen (secondary N) is 1. The van der Waals surface area contributed by atoms with Crippen LogP contribution < -0.4 is 10.9 Å². The van der Waals surface area contributed by atoms with Gasteiger partial charge in [-0.1, -0.05) is 0 Å². The molecule has 2 heterocycles. The van der Waals surface area contributed by atoms with E-state index in [1.165, 1.54) is 4.68 Å². The normalized spacial score (nSPS) is 10.6. The van der Waals surface area contributed by atoms with Crippen molar-refractivity contribution in [2.75, 3.05) is 11.9 Å². The molecule has 96 valence electrons. The van der Waals surface area contributed by atoms with Crippen LogP contribution in [0.2, 0.25) is 0 Å². The standard InChI is InChI=1S/C11H14BrN5O/c1-2-17-11(18)10(12)9(8-15-17)13-5-7-16-6-3-4-14-16/h3-4,6,8,13H,2,5,7H2,1H3. The molecular formula is C11H14BrN5O. The van der Waals surface area contributed by atoms with E-state index < -0.39 is 0 Å². The molecule has 0 aromatic carbocycles. The molecule has 0 fully saturated rings. The van der Waals surface area contributed by atoms with Crippen LogP contribution in [0.4, 0.5) is 5.69 Å². The molecule has 0 saturated carbocycles. The van der Waals surface area contributed by atoms with E-state index in [-0.39, 0.29) is 5.56 Å². The summed E-state index contributed by atoms with van der Waals surface area (Å²) in [5, 5.41) is 11.3. The first-order valence-corrected chi connectivity index (χ1v) is 6.48. The SMILES string of the molecule is CCn1ncc(NCCn2cccn2)c(Br)c1=O. The highest BCUT2D eigenvalue weighted by atomic mass is 79.9. The molecule has 0 unspecified atom stereocenters. The molecular weight excluding hydrogens is 298 g/mol. The van der Waals surface area contributed by atoms with Crippen LogP contribution in [0, 0.1) is 0 Å². The Morgan fingerprint density at radius 1 is 1.44 bits per heavy atom. The third-order valence-corrected chi connectivity index (χ3v) is 3.27. The Hall–Kier alpha value is -1.63. The lowest BCUT2D eigenvalue weighted by Gasteiger charge is -2.09. The van der Waals surface area contributed by atoms with Crippen molar-refractivity contribution in [2.45, 2.75) is 20.0 Å². The molecule has 0 saturated heterocycles. The smallest absolute Gasteiger partial charge is 0.283 e. The van der Waals surface area contributed by atoms with Crippen LogP contribution in [0.15, 0.2) is 33.9 Å². The largest absolute Gasteiger partial charge is 0.381 e. The number of anilines is 1. The van der Waals surface area contributed by atoms with Gasteiger partial charge in [-0.2, -0.15) is 10.2 Å². The number of halogens is 1. The molecule has 0 aliphatic rings. The Morgan fingerprint density at radius 2 is 2.28 bits per heavy atom. The van der Waals surface area contributed by atoms with Crippen molar-refractivity contribution in [2.24, 2.45) is 0 Å². The molecule has 0 aliphatic heterocycles. The Bertz CT molecular complexity index is 563. The summed E-state index contributed by atoms with van der Waals surface area (Å²) in [5.74, 6) is 0. The zero-order chi connectivity index (χ0) is 13.0. The molecule has 0 bridgehead atoms. The highest BCUT2D eigenvalue weighted by molar-refractivity contribution is 9.10. The summed E-state index contributed by atoms with van der Waals surface area (Å²) in [6, 6.07) is 1.87. The molecule has 0 amide bonds. The van der Waals surface area contributed by atoms with Gasteiger partial charge in [-0.05, 0) is 28.9 Å². The van der Waals surface area contributed by atoms with E-state index in [0.717, 1.165) is 6.54 Å². The van der Waals surface area contributed by atoms with E-state index in [1.807, 2.05) is 23.9 Å². The monoisotopic (exact) mass is 311 g/mol. The second kappa shape index (κ2) is 5.81. The Morgan fingerprint density at radius 3 is 2.94 bits per heavy atom. The zero-order valence-electron chi connectivity index (χ0n) is 10.0. The lowest BCUT2D eigenvalue weighted by Crippen LogP contribution is -2.24. The van der Waals surface area contributed by atoms with Crippen molar-refractivity contribution in [3.8, 4) is 0 Å². The molecule has 6 nitrogen and oxygen atoms in total. The Balaban J connectivity index is 2.02. The summed E-state index contributed by atoms with van der Waals surface area (Å²) in [5.41, 5.74) is 0.582. The van der Waals surface area contributed by atoms with Crippen molar-refractivity contribution >= 4 is 21.6 Å². The van der Waals surface area contributed by atoms with Crippen LogP contribution in [-0.4, -0.2) is 26.1 Å². The van der Waals surface area contributed by atoms with Crippen LogP contribution in [0.1, 0.15) is 6.92 Å². The zero-order valence-corrected chi connectivity index (χ0v) is 11.6. The molecule has 0 spiro atoms. The minimum absolute atomic E-state index is 0.124.